The Balaban J connectivity index is 2.30. The fraction of sp³-hybridized carbons (Fsp3) is 0.923. The van der Waals surface area contributed by atoms with Gasteiger partial charge in [-0.3, -0.25) is 4.79 Å². The molecule has 1 fully saturated rings. The lowest BCUT2D eigenvalue weighted by Crippen LogP contribution is -2.25. The first-order valence-corrected chi connectivity index (χ1v) is 6.42. The molecule has 16 heavy (non-hydrogen) atoms. The van der Waals surface area contributed by atoms with Crippen molar-refractivity contribution < 1.29 is 14.6 Å². The molecule has 0 aliphatic heterocycles. The van der Waals surface area contributed by atoms with E-state index in [4.69, 9.17) is 4.74 Å². The van der Waals surface area contributed by atoms with Crippen molar-refractivity contribution in [1.29, 1.82) is 0 Å². The smallest absolute Gasteiger partial charge is 0.136 e. The van der Waals surface area contributed by atoms with E-state index in [-0.39, 0.29) is 12.0 Å². The van der Waals surface area contributed by atoms with Crippen LogP contribution in [0.15, 0.2) is 0 Å². The second kappa shape index (κ2) is 7.02. The van der Waals surface area contributed by atoms with E-state index in [9.17, 15) is 9.90 Å². The Morgan fingerprint density at radius 1 is 1.38 bits per heavy atom. The molecule has 0 bridgehead atoms. The summed E-state index contributed by atoms with van der Waals surface area (Å²) in [6.45, 7) is 4.24. The molecule has 3 nitrogen and oxygen atoms in total. The minimum atomic E-state index is -0.491. The molecule has 0 amide bonds. The predicted molar refractivity (Wildman–Crippen MR) is 63.3 cm³/mol. The fourth-order valence-corrected chi connectivity index (χ4v) is 2.18. The molecule has 1 saturated carbocycles. The van der Waals surface area contributed by atoms with Crippen molar-refractivity contribution in [2.45, 2.75) is 64.6 Å². The van der Waals surface area contributed by atoms with Gasteiger partial charge in [0.15, 0.2) is 0 Å². The quantitative estimate of drug-likeness (QED) is 0.734. The largest absolute Gasteiger partial charge is 0.391 e. The average Bonchev–Trinajstić information content (AvgIpc) is 2.42. The lowest BCUT2D eigenvalue weighted by atomic mass is 9.93. The van der Waals surface area contributed by atoms with Crippen LogP contribution in [0.3, 0.4) is 0 Å². The van der Waals surface area contributed by atoms with Crippen molar-refractivity contribution in [3.8, 4) is 0 Å². The first kappa shape index (κ1) is 13.7. The highest BCUT2D eigenvalue weighted by molar-refractivity contribution is 5.81. The van der Waals surface area contributed by atoms with E-state index in [1.807, 2.05) is 13.8 Å². The third kappa shape index (κ3) is 5.08. The summed E-state index contributed by atoms with van der Waals surface area (Å²) in [5.41, 5.74) is 0. The van der Waals surface area contributed by atoms with Crippen molar-refractivity contribution in [1.82, 2.24) is 0 Å². The Bertz CT molecular complexity index is 213. The molecule has 0 radical (unpaired) electrons. The van der Waals surface area contributed by atoms with E-state index in [1.165, 1.54) is 0 Å². The zero-order valence-electron chi connectivity index (χ0n) is 10.4. The summed E-state index contributed by atoms with van der Waals surface area (Å²) >= 11 is 0. The van der Waals surface area contributed by atoms with Crippen molar-refractivity contribution in [2.75, 3.05) is 6.61 Å². The third-order valence-electron chi connectivity index (χ3n) is 3.11. The van der Waals surface area contributed by atoms with Gasteiger partial charge in [-0.05, 0) is 33.1 Å². The lowest BCUT2D eigenvalue weighted by Gasteiger charge is -2.18. The van der Waals surface area contributed by atoms with Gasteiger partial charge in [-0.25, -0.2) is 0 Å². The molecule has 2 atom stereocenters. The number of carbonyl (C=O) groups is 1. The Labute approximate surface area is 98.2 Å². The number of hydrogen-bond donors (Lipinski definition) is 1. The second-order valence-electron chi connectivity index (χ2n) is 5.03. The number of Topliss-reactive ketones (excluding diaryl/α,β-unsaturated/α-hetero) is 1. The van der Waals surface area contributed by atoms with Crippen LogP contribution in [0, 0.1) is 5.92 Å². The number of carbonyl (C=O) groups excluding carboxylic acids is 1. The second-order valence-corrected chi connectivity index (χ2v) is 5.03. The van der Waals surface area contributed by atoms with Gasteiger partial charge < -0.3 is 9.84 Å². The van der Waals surface area contributed by atoms with E-state index in [1.54, 1.807) is 0 Å². The summed E-state index contributed by atoms with van der Waals surface area (Å²) in [5.74, 6) is 0.398. The maximum atomic E-state index is 11.7. The number of hydrogen-bond acceptors (Lipinski definition) is 3. The molecule has 0 aromatic carbocycles. The number of ether oxygens (including phenoxy) is 1. The van der Waals surface area contributed by atoms with Crippen molar-refractivity contribution in [3.05, 3.63) is 0 Å². The summed E-state index contributed by atoms with van der Waals surface area (Å²) < 4.78 is 5.35. The standard InChI is InChI=1S/C13H24O3/c1-10(2)16-9-12(14)8-11-6-4-3-5-7-13(11)15/h10-12,14H,3-9H2,1-2H3. The molecule has 1 rings (SSSR count). The average molecular weight is 228 g/mol. The van der Waals surface area contributed by atoms with Crippen molar-refractivity contribution >= 4 is 5.78 Å². The maximum Gasteiger partial charge on any atom is 0.136 e. The summed E-state index contributed by atoms with van der Waals surface area (Å²) in [6.07, 6.45) is 5.16. The van der Waals surface area contributed by atoms with E-state index in [0.717, 1.165) is 25.7 Å². The molecule has 0 saturated heterocycles. The minimum Gasteiger partial charge on any atom is -0.391 e. The summed E-state index contributed by atoms with van der Waals surface area (Å²) in [5, 5.41) is 9.78. The van der Waals surface area contributed by atoms with Gasteiger partial charge in [0.05, 0.1) is 18.8 Å². The van der Waals surface area contributed by atoms with Crippen LogP contribution < -0.4 is 0 Å². The SMILES string of the molecule is CC(C)OCC(O)CC1CCCCCC1=O. The van der Waals surface area contributed by atoms with Gasteiger partial charge in [0.25, 0.3) is 0 Å². The molecule has 0 heterocycles. The van der Waals surface area contributed by atoms with Gasteiger partial charge in [-0.2, -0.15) is 0 Å². The Morgan fingerprint density at radius 2 is 2.12 bits per heavy atom. The zero-order chi connectivity index (χ0) is 12.0. The number of ketones is 1. The molecule has 0 aromatic rings. The van der Waals surface area contributed by atoms with Crippen LogP contribution in [0.4, 0.5) is 0 Å². The molecule has 3 heteroatoms. The van der Waals surface area contributed by atoms with Crippen LogP contribution in [0.5, 0.6) is 0 Å². The van der Waals surface area contributed by atoms with Crippen molar-refractivity contribution in [2.24, 2.45) is 5.92 Å². The highest BCUT2D eigenvalue weighted by Gasteiger charge is 2.23. The number of aliphatic hydroxyl groups excluding tert-OH is 1. The summed E-state index contributed by atoms with van der Waals surface area (Å²) in [7, 11) is 0. The fourth-order valence-electron chi connectivity index (χ4n) is 2.18. The molecule has 2 unspecified atom stereocenters. The van der Waals surface area contributed by atoms with E-state index < -0.39 is 6.10 Å². The molecule has 1 aliphatic carbocycles. The first-order chi connectivity index (χ1) is 7.59. The predicted octanol–water partition coefficient (Wildman–Crippen LogP) is 2.31. The topological polar surface area (TPSA) is 46.5 Å². The monoisotopic (exact) mass is 228 g/mol. The number of aliphatic hydroxyl groups is 1. The third-order valence-corrected chi connectivity index (χ3v) is 3.11. The normalized spacial score (nSPS) is 24.5. The zero-order valence-corrected chi connectivity index (χ0v) is 10.4. The van der Waals surface area contributed by atoms with E-state index in [2.05, 4.69) is 0 Å². The molecule has 0 spiro atoms. The molecular weight excluding hydrogens is 204 g/mol. The Kier molecular flexibility index (Phi) is 5.99. The van der Waals surface area contributed by atoms with Crippen LogP contribution in [0.2, 0.25) is 0 Å². The molecule has 94 valence electrons. The first-order valence-electron chi connectivity index (χ1n) is 6.42. The molecule has 0 aromatic heterocycles. The van der Waals surface area contributed by atoms with Gasteiger partial charge in [0, 0.05) is 12.3 Å². The molecule has 1 aliphatic rings. The Hall–Kier alpha value is -0.410. The van der Waals surface area contributed by atoms with Crippen LogP contribution in [-0.4, -0.2) is 29.7 Å². The van der Waals surface area contributed by atoms with E-state index >= 15 is 0 Å². The maximum absolute atomic E-state index is 11.7. The van der Waals surface area contributed by atoms with Gasteiger partial charge >= 0.3 is 0 Å². The summed E-state index contributed by atoms with van der Waals surface area (Å²) in [6, 6.07) is 0. The highest BCUT2D eigenvalue weighted by atomic mass is 16.5. The van der Waals surface area contributed by atoms with Gasteiger partial charge in [-0.15, -0.1) is 0 Å². The lowest BCUT2D eigenvalue weighted by molar-refractivity contribution is -0.124. The van der Waals surface area contributed by atoms with Crippen LogP contribution in [-0.2, 0) is 9.53 Å². The molecular formula is C13H24O3. The van der Waals surface area contributed by atoms with Gasteiger partial charge in [-0.1, -0.05) is 12.8 Å². The van der Waals surface area contributed by atoms with Gasteiger partial charge in [0.2, 0.25) is 0 Å². The number of rotatable bonds is 5. The van der Waals surface area contributed by atoms with Gasteiger partial charge in [0.1, 0.15) is 5.78 Å². The molecule has 1 N–H and O–H groups in total. The van der Waals surface area contributed by atoms with Crippen LogP contribution in [0.25, 0.3) is 0 Å². The summed E-state index contributed by atoms with van der Waals surface area (Å²) in [4.78, 5) is 11.7. The Morgan fingerprint density at radius 3 is 2.81 bits per heavy atom. The van der Waals surface area contributed by atoms with Crippen molar-refractivity contribution in [3.63, 3.8) is 0 Å². The minimum absolute atomic E-state index is 0.0632. The van der Waals surface area contributed by atoms with Crippen LogP contribution >= 0.6 is 0 Å². The van der Waals surface area contributed by atoms with E-state index in [0.29, 0.717) is 25.2 Å². The highest BCUT2D eigenvalue weighted by Crippen LogP contribution is 2.23. The van der Waals surface area contributed by atoms with Crippen LogP contribution in [0.1, 0.15) is 52.4 Å².